The minimum absolute atomic E-state index is 0.114. The molecule has 2 aromatic rings. The van der Waals surface area contributed by atoms with Gasteiger partial charge in [0.1, 0.15) is 6.10 Å². The lowest BCUT2D eigenvalue weighted by molar-refractivity contribution is -0.383. The van der Waals surface area contributed by atoms with Gasteiger partial charge in [0.05, 0.1) is 16.4 Å². The van der Waals surface area contributed by atoms with E-state index in [2.05, 4.69) is 10.3 Å². The first kappa shape index (κ1) is 16.8. The number of carbonyl (C=O) groups excluding carboxylic acids is 1. The van der Waals surface area contributed by atoms with E-state index in [1.54, 1.807) is 6.07 Å². The summed E-state index contributed by atoms with van der Waals surface area (Å²) >= 11 is 0. The second-order valence-corrected chi connectivity index (χ2v) is 5.14. The highest BCUT2D eigenvalue weighted by Gasteiger charge is 2.23. The summed E-state index contributed by atoms with van der Waals surface area (Å²) in [6.45, 7) is 1.58. The summed E-state index contributed by atoms with van der Waals surface area (Å²) in [6.07, 6.45) is 0.637. The van der Waals surface area contributed by atoms with E-state index in [1.165, 1.54) is 31.5 Å². The Hall–Kier alpha value is -2.58. The number of carbonyl (C=O) groups is 1. The zero-order valence-corrected chi connectivity index (χ0v) is 12.5. The molecule has 2 rings (SSSR count). The summed E-state index contributed by atoms with van der Waals surface area (Å²) in [5.74, 6) is -0.224. The number of fused-ring (bicyclic) bond motifs is 1. The fourth-order valence-electron chi connectivity index (χ4n) is 2.38. The molecule has 1 aromatic heterocycles. The van der Waals surface area contributed by atoms with Crippen LogP contribution in [-0.2, 0) is 4.79 Å². The van der Waals surface area contributed by atoms with Crippen molar-refractivity contribution < 1.29 is 19.9 Å². The molecular formula is C15H17N3O5. The molecule has 8 heteroatoms. The van der Waals surface area contributed by atoms with E-state index in [9.17, 15) is 25.1 Å². The fraction of sp³-hybridized carbons (Fsp3) is 0.333. The summed E-state index contributed by atoms with van der Waals surface area (Å²) < 4.78 is 0. The number of aromatic nitrogens is 1. The Morgan fingerprint density at radius 2 is 2.09 bits per heavy atom. The standard InChI is InChI=1S/C15H17N3O5/c1-9(19)17-7-5-14(20)15(21)11-2-3-13(18(22)23)12-8-16-6-4-10(11)12/h2-4,6,8,14-15,20-21H,5,7H2,1H3,(H,17,19). The van der Waals surface area contributed by atoms with Crippen LogP contribution in [0.25, 0.3) is 10.8 Å². The van der Waals surface area contributed by atoms with Gasteiger partial charge < -0.3 is 15.5 Å². The lowest BCUT2D eigenvalue weighted by Gasteiger charge is -2.19. The van der Waals surface area contributed by atoms with Crippen molar-refractivity contribution in [1.82, 2.24) is 10.3 Å². The molecule has 122 valence electrons. The van der Waals surface area contributed by atoms with Crippen molar-refractivity contribution >= 4 is 22.4 Å². The number of non-ortho nitro benzene ring substituents is 1. The Kier molecular flexibility index (Phi) is 5.20. The first-order valence-corrected chi connectivity index (χ1v) is 7.03. The van der Waals surface area contributed by atoms with E-state index in [1.807, 2.05) is 0 Å². The molecule has 0 aliphatic heterocycles. The number of nitro benzene ring substituents is 1. The summed E-state index contributed by atoms with van der Waals surface area (Å²) in [5, 5.41) is 34.7. The monoisotopic (exact) mass is 319 g/mol. The second-order valence-electron chi connectivity index (χ2n) is 5.14. The first-order chi connectivity index (χ1) is 10.9. The highest BCUT2D eigenvalue weighted by atomic mass is 16.6. The molecular weight excluding hydrogens is 302 g/mol. The number of hydrogen-bond donors (Lipinski definition) is 3. The first-order valence-electron chi connectivity index (χ1n) is 7.03. The third-order valence-electron chi connectivity index (χ3n) is 3.52. The van der Waals surface area contributed by atoms with Crippen molar-refractivity contribution in [3.8, 4) is 0 Å². The van der Waals surface area contributed by atoms with Gasteiger partial charge in [0.2, 0.25) is 5.91 Å². The van der Waals surface area contributed by atoms with Gasteiger partial charge in [-0.1, -0.05) is 0 Å². The summed E-state index contributed by atoms with van der Waals surface area (Å²) in [6, 6.07) is 4.26. The van der Waals surface area contributed by atoms with Gasteiger partial charge in [-0.25, -0.2) is 0 Å². The molecule has 2 unspecified atom stereocenters. The van der Waals surface area contributed by atoms with E-state index >= 15 is 0 Å². The van der Waals surface area contributed by atoms with Crippen molar-refractivity contribution in [2.75, 3.05) is 6.54 Å². The molecule has 1 heterocycles. The van der Waals surface area contributed by atoms with Crippen LogP contribution < -0.4 is 5.32 Å². The molecule has 0 bridgehead atoms. The van der Waals surface area contributed by atoms with Crippen molar-refractivity contribution in [2.24, 2.45) is 0 Å². The van der Waals surface area contributed by atoms with Crippen LogP contribution in [-0.4, -0.2) is 38.7 Å². The minimum Gasteiger partial charge on any atom is -0.390 e. The number of nitrogens with one attached hydrogen (secondary N) is 1. The van der Waals surface area contributed by atoms with Gasteiger partial charge >= 0.3 is 0 Å². The van der Waals surface area contributed by atoms with Gasteiger partial charge in [-0.2, -0.15) is 0 Å². The van der Waals surface area contributed by atoms with Crippen molar-refractivity contribution in [1.29, 1.82) is 0 Å². The number of nitrogens with zero attached hydrogens (tertiary/aromatic N) is 2. The smallest absolute Gasteiger partial charge is 0.278 e. The van der Waals surface area contributed by atoms with Gasteiger partial charge in [-0.3, -0.25) is 19.9 Å². The SMILES string of the molecule is CC(=O)NCCC(O)C(O)c1ccc([N+](=O)[O-])c2cnccc12. The Balaban J connectivity index is 2.30. The number of nitro groups is 1. The Bertz CT molecular complexity index is 734. The average molecular weight is 319 g/mol. The number of aliphatic hydroxyl groups is 2. The number of aliphatic hydroxyl groups excluding tert-OH is 2. The topological polar surface area (TPSA) is 126 Å². The molecule has 8 nitrogen and oxygen atoms in total. The molecule has 0 aliphatic carbocycles. The molecule has 3 N–H and O–H groups in total. The maximum Gasteiger partial charge on any atom is 0.278 e. The molecule has 23 heavy (non-hydrogen) atoms. The molecule has 0 radical (unpaired) electrons. The normalized spacial score (nSPS) is 13.5. The molecule has 0 aliphatic rings. The van der Waals surface area contributed by atoms with Crippen LogP contribution in [0.15, 0.2) is 30.6 Å². The highest BCUT2D eigenvalue weighted by Crippen LogP contribution is 2.32. The van der Waals surface area contributed by atoms with Crippen molar-refractivity contribution in [3.05, 3.63) is 46.3 Å². The largest absolute Gasteiger partial charge is 0.390 e. The Morgan fingerprint density at radius 1 is 1.35 bits per heavy atom. The van der Waals surface area contributed by atoms with E-state index in [-0.39, 0.29) is 24.6 Å². The molecule has 1 amide bonds. The predicted octanol–water partition coefficient (Wildman–Crippen LogP) is 1.06. The van der Waals surface area contributed by atoms with Crippen molar-refractivity contribution in [3.63, 3.8) is 0 Å². The van der Waals surface area contributed by atoms with Crippen LogP contribution in [0.4, 0.5) is 5.69 Å². The Morgan fingerprint density at radius 3 is 2.74 bits per heavy atom. The third kappa shape index (κ3) is 3.79. The van der Waals surface area contributed by atoms with Gasteiger partial charge in [0.25, 0.3) is 5.69 Å². The van der Waals surface area contributed by atoms with E-state index in [0.29, 0.717) is 16.3 Å². The zero-order chi connectivity index (χ0) is 17.0. The van der Waals surface area contributed by atoms with Crippen LogP contribution in [0.3, 0.4) is 0 Å². The average Bonchev–Trinajstić information content (AvgIpc) is 2.52. The minimum atomic E-state index is -1.23. The van der Waals surface area contributed by atoms with Crippen LogP contribution >= 0.6 is 0 Å². The maximum atomic E-state index is 11.1. The maximum absolute atomic E-state index is 11.1. The Labute approximate surface area is 131 Å². The summed E-state index contributed by atoms with van der Waals surface area (Å²) in [5.41, 5.74) is 0.264. The van der Waals surface area contributed by atoms with Crippen LogP contribution in [0, 0.1) is 10.1 Å². The number of pyridine rings is 1. The molecule has 2 atom stereocenters. The predicted molar refractivity (Wildman–Crippen MR) is 82.7 cm³/mol. The summed E-state index contributed by atoms with van der Waals surface area (Å²) in [4.78, 5) is 25.2. The second kappa shape index (κ2) is 7.12. The van der Waals surface area contributed by atoms with Crippen LogP contribution in [0.1, 0.15) is 25.0 Å². The zero-order valence-electron chi connectivity index (χ0n) is 12.5. The quantitative estimate of drug-likeness (QED) is 0.540. The van der Waals surface area contributed by atoms with Gasteiger partial charge in [0.15, 0.2) is 0 Å². The third-order valence-corrected chi connectivity index (χ3v) is 3.52. The van der Waals surface area contributed by atoms with Crippen molar-refractivity contribution in [2.45, 2.75) is 25.6 Å². The lowest BCUT2D eigenvalue weighted by Crippen LogP contribution is -2.27. The number of amides is 1. The fourth-order valence-corrected chi connectivity index (χ4v) is 2.38. The number of benzene rings is 1. The molecule has 0 saturated heterocycles. The molecule has 0 fully saturated rings. The van der Waals surface area contributed by atoms with Crippen LogP contribution in [0.5, 0.6) is 0 Å². The van der Waals surface area contributed by atoms with Gasteiger partial charge in [0, 0.05) is 31.9 Å². The number of rotatable bonds is 6. The lowest BCUT2D eigenvalue weighted by atomic mass is 9.96. The highest BCUT2D eigenvalue weighted by molar-refractivity contribution is 5.92. The van der Waals surface area contributed by atoms with E-state index in [4.69, 9.17) is 0 Å². The van der Waals surface area contributed by atoms with Gasteiger partial charge in [-0.05, 0) is 29.5 Å². The molecule has 0 saturated carbocycles. The van der Waals surface area contributed by atoms with Gasteiger partial charge in [-0.15, -0.1) is 0 Å². The van der Waals surface area contributed by atoms with E-state index < -0.39 is 17.1 Å². The number of hydrogen-bond acceptors (Lipinski definition) is 6. The molecule has 1 aromatic carbocycles. The van der Waals surface area contributed by atoms with E-state index in [0.717, 1.165) is 0 Å². The summed E-state index contributed by atoms with van der Waals surface area (Å²) in [7, 11) is 0. The van der Waals surface area contributed by atoms with Crippen LogP contribution in [0.2, 0.25) is 0 Å². The molecule has 0 spiro atoms.